The zero-order chi connectivity index (χ0) is 18.2. The van der Waals surface area contributed by atoms with Crippen molar-refractivity contribution in [3.63, 3.8) is 0 Å². The third-order valence-corrected chi connectivity index (χ3v) is 2.73. The van der Waals surface area contributed by atoms with E-state index in [1.807, 2.05) is 27.7 Å². The van der Waals surface area contributed by atoms with Gasteiger partial charge in [0, 0.05) is 13.1 Å². The second-order valence-corrected chi connectivity index (χ2v) is 6.28. The Morgan fingerprint density at radius 1 is 1.33 bits per heavy atom. The lowest BCUT2D eigenvalue weighted by molar-refractivity contribution is -0.153. The van der Waals surface area contributed by atoms with E-state index in [1.165, 1.54) is 12.1 Å². The number of hydrogen-bond acceptors (Lipinski definition) is 4. The molecule has 1 atom stereocenters. The fourth-order valence-electron chi connectivity index (χ4n) is 1.81. The molecule has 1 aromatic carbocycles. The molecule has 2 N–H and O–H groups in total. The minimum absolute atomic E-state index is 0.01000. The summed E-state index contributed by atoms with van der Waals surface area (Å²) < 4.78 is 23.9. The second kappa shape index (κ2) is 9.10. The van der Waals surface area contributed by atoms with Gasteiger partial charge in [0.15, 0.2) is 5.96 Å². The number of guanidine groups is 1. The van der Waals surface area contributed by atoms with E-state index in [0.29, 0.717) is 18.3 Å². The maximum Gasteiger partial charge on any atom is 0.325 e. The normalized spacial score (nSPS) is 13.2. The number of rotatable bonds is 6. The van der Waals surface area contributed by atoms with Gasteiger partial charge in [-0.1, -0.05) is 6.07 Å². The van der Waals surface area contributed by atoms with Gasteiger partial charge in [-0.3, -0.25) is 9.79 Å². The highest BCUT2D eigenvalue weighted by Crippen LogP contribution is 2.13. The first-order chi connectivity index (χ1) is 11.2. The molecule has 0 aliphatic carbocycles. The Hall–Kier alpha value is -2.31. The molecule has 0 bridgehead atoms. The first-order valence-electron chi connectivity index (χ1n) is 7.78. The molecule has 0 radical (unpaired) electrons. The monoisotopic (exact) mass is 339 g/mol. The SMILES string of the molecule is CN=C(NCC(=O)OC(C)(C)C)NCC(C)Oc1cccc(F)c1. The van der Waals surface area contributed by atoms with Crippen LogP contribution in [0.4, 0.5) is 4.39 Å². The Morgan fingerprint density at radius 3 is 2.62 bits per heavy atom. The fraction of sp³-hybridized carbons (Fsp3) is 0.529. The predicted molar refractivity (Wildman–Crippen MR) is 91.7 cm³/mol. The van der Waals surface area contributed by atoms with Crippen LogP contribution in [0.5, 0.6) is 5.75 Å². The standard InChI is InChI=1S/C17H26FN3O3/c1-12(23-14-8-6-7-13(18)9-14)10-20-16(19-5)21-11-15(22)24-17(2,3)4/h6-9,12H,10-11H2,1-5H3,(H2,19,20,21). The molecule has 0 spiro atoms. The predicted octanol–water partition coefficient (Wildman–Crippen LogP) is 2.10. The minimum Gasteiger partial charge on any atom is -0.489 e. The highest BCUT2D eigenvalue weighted by molar-refractivity contribution is 5.84. The second-order valence-electron chi connectivity index (χ2n) is 6.28. The van der Waals surface area contributed by atoms with E-state index in [9.17, 15) is 9.18 Å². The van der Waals surface area contributed by atoms with Crippen molar-refractivity contribution in [1.29, 1.82) is 0 Å². The Morgan fingerprint density at radius 2 is 2.04 bits per heavy atom. The number of esters is 1. The molecule has 0 saturated heterocycles. The Kier molecular flexibility index (Phi) is 7.48. The molecule has 0 fully saturated rings. The summed E-state index contributed by atoms with van der Waals surface area (Å²) in [6.07, 6.45) is -0.216. The van der Waals surface area contributed by atoms with Crippen LogP contribution in [-0.4, -0.2) is 43.8 Å². The van der Waals surface area contributed by atoms with Crippen LogP contribution >= 0.6 is 0 Å². The molecular formula is C17H26FN3O3. The number of ether oxygens (including phenoxy) is 2. The highest BCUT2D eigenvalue weighted by atomic mass is 19.1. The quantitative estimate of drug-likeness (QED) is 0.472. The van der Waals surface area contributed by atoms with Gasteiger partial charge in [-0.2, -0.15) is 0 Å². The van der Waals surface area contributed by atoms with Gasteiger partial charge in [0.25, 0.3) is 0 Å². The van der Waals surface area contributed by atoms with Gasteiger partial charge in [-0.15, -0.1) is 0 Å². The van der Waals surface area contributed by atoms with Gasteiger partial charge >= 0.3 is 5.97 Å². The van der Waals surface area contributed by atoms with Crippen LogP contribution in [0.15, 0.2) is 29.3 Å². The number of hydrogen-bond donors (Lipinski definition) is 2. The molecule has 7 heteroatoms. The third-order valence-electron chi connectivity index (χ3n) is 2.73. The van der Waals surface area contributed by atoms with Gasteiger partial charge in [-0.25, -0.2) is 4.39 Å². The van der Waals surface area contributed by atoms with Crippen LogP contribution in [0.1, 0.15) is 27.7 Å². The molecule has 6 nitrogen and oxygen atoms in total. The number of carbonyl (C=O) groups is 1. The highest BCUT2D eigenvalue weighted by Gasteiger charge is 2.16. The van der Waals surface area contributed by atoms with Crippen LogP contribution in [-0.2, 0) is 9.53 Å². The lowest BCUT2D eigenvalue weighted by atomic mass is 10.2. The van der Waals surface area contributed by atoms with Gasteiger partial charge in [0.1, 0.15) is 29.8 Å². The molecular weight excluding hydrogens is 313 g/mol. The van der Waals surface area contributed by atoms with Gasteiger partial charge in [-0.05, 0) is 39.8 Å². The number of aliphatic imine (C=N–C) groups is 1. The van der Waals surface area contributed by atoms with E-state index >= 15 is 0 Å². The van der Waals surface area contributed by atoms with E-state index in [-0.39, 0.29) is 24.4 Å². The van der Waals surface area contributed by atoms with Gasteiger partial charge in [0.05, 0.1) is 6.54 Å². The van der Waals surface area contributed by atoms with E-state index < -0.39 is 5.60 Å². The topological polar surface area (TPSA) is 72.0 Å². The van der Waals surface area contributed by atoms with Crippen molar-refractivity contribution in [2.24, 2.45) is 4.99 Å². The first-order valence-corrected chi connectivity index (χ1v) is 7.78. The Bertz CT molecular complexity index is 570. The first kappa shape index (κ1) is 19.7. The maximum absolute atomic E-state index is 13.1. The number of nitrogens with one attached hydrogen (secondary N) is 2. The zero-order valence-corrected chi connectivity index (χ0v) is 14.9. The summed E-state index contributed by atoms with van der Waals surface area (Å²) in [5.74, 6) is 0.202. The molecule has 1 unspecified atom stereocenters. The Labute approximate surface area is 142 Å². The fourth-order valence-corrected chi connectivity index (χ4v) is 1.81. The van der Waals surface area contributed by atoms with Crippen LogP contribution < -0.4 is 15.4 Å². The van der Waals surface area contributed by atoms with E-state index in [1.54, 1.807) is 19.2 Å². The summed E-state index contributed by atoms with van der Waals surface area (Å²) in [6.45, 7) is 7.72. The molecule has 1 rings (SSSR count). The van der Waals surface area contributed by atoms with Crippen LogP contribution in [0.3, 0.4) is 0 Å². The van der Waals surface area contributed by atoms with E-state index in [0.717, 1.165) is 0 Å². The number of halogens is 1. The van der Waals surface area contributed by atoms with Crippen LogP contribution in [0.2, 0.25) is 0 Å². The zero-order valence-electron chi connectivity index (χ0n) is 14.9. The molecule has 0 aliphatic rings. The van der Waals surface area contributed by atoms with Crippen molar-refractivity contribution in [2.45, 2.75) is 39.4 Å². The lowest BCUT2D eigenvalue weighted by Crippen LogP contribution is -2.44. The molecule has 134 valence electrons. The van der Waals surface area contributed by atoms with Crippen molar-refractivity contribution in [3.05, 3.63) is 30.1 Å². The van der Waals surface area contributed by atoms with Crippen LogP contribution in [0, 0.1) is 5.82 Å². The summed E-state index contributed by atoms with van der Waals surface area (Å²) in [6, 6.07) is 5.96. The average molecular weight is 339 g/mol. The van der Waals surface area contributed by atoms with E-state index in [4.69, 9.17) is 9.47 Å². The molecule has 1 aromatic rings. The average Bonchev–Trinajstić information content (AvgIpc) is 2.45. The summed E-state index contributed by atoms with van der Waals surface area (Å²) in [7, 11) is 1.60. The summed E-state index contributed by atoms with van der Waals surface area (Å²) in [5, 5.41) is 5.90. The molecule has 0 saturated carbocycles. The largest absolute Gasteiger partial charge is 0.489 e. The van der Waals surface area contributed by atoms with Crippen molar-refractivity contribution in [1.82, 2.24) is 10.6 Å². The number of carbonyl (C=O) groups excluding carboxylic acids is 1. The minimum atomic E-state index is -0.525. The number of nitrogens with zero attached hydrogens (tertiary/aromatic N) is 1. The smallest absolute Gasteiger partial charge is 0.325 e. The van der Waals surface area contributed by atoms with Crippen molar-refractivity contribution < 1.29 is 18.7 Å². The molecule has 24 heavy (non-hydrogen) atoms. The molecule has 0 heterocycles. The summed E-state index contributed by atoms with van der Waals surface area (Å²) >= 11 is 0. The van der Waals surface area contributed by atoms with Gasteiger partial charge < -0.3 is 20.1 Å². The summed E-state index contributed by atoms with van der Waals surface area (Å²) in [4.78, 5) is 15.7. The van der Waals surface area contributed by atoms with Crippen molar-refractivity contribution in [3.8, 4) is 5.75 Å². The molecule has 0 aromatic heterocycles. The summed E-state index contributed by atoms with van der Waals surface area (Å²) in [5.41, 5.74) is -0.525. The van der Waals surface area contributed by atoms with Crippen molar-refractivity contribution in [2.75, 3.05) is 20.1 Å². The lowest BCUT2D eigenvalue weighted by Gasteiger charge is -2.20. The van der Waals surface area contributed by atoms with Crippen molar-refractivity contribution >= 4 is 11.9 Å². The van der Waals surface area contributed by atoms with E-state index in [2.05, 4.69) is 15.6 Å². The third kappa shape index (κ3) is 8.36. The Balaban J connectivity index is 2.37. The van der Waals surface area contributed by atoms with Crippen LogP contribution in [0.25, 0.3) is 0 Å². The maximum atomic E-state index is 13.1. The molecule has 0 aliphatic heterocycles. The van der Waals surface area contributed by atoms with Gasteiger partial charge in [0.2, 0.25) is 0 Å². The molecule has 0 amide bonds. The number of benzene rings is 1.